The highest BCUT2D eigenvalue weighted by Gasteiger charge is 2.59. The van der Waals surface area contributed by atoms with E-state index in [1.807, 2.05) is 0 Å². The number of hydrogen-bond donors (Lipinski definition) is 1. The van der Waals surface area contributed by atoms with E-state index in [4.69, 9.17) is 9.84 Å². The van der Waals surface area contributed by atoms with E-state index < -0.39 is 6.09 Å². The highest BCUT2D eigenvalue weighted by atomic mass is 16.5. The van der Waals surface area contributed by atoms with Gasteiger partial charge >= 0.3 is 12.1 Å². The van der Waals surface area contributed by atoms with Gasteiger partial charge in [-0.1, -0.05) is 0 Å². The summed E-state index contributed by atoms with van der Waals surface area (Å²) in [5.74, 6) is 0.223. The lowest BCUT2D eigenvalue weighted by atomic mass is 10.4. The Morgan fingerprint density at radius 2 is 1.92 bits per heavy atom. The monoisotopic (exact) mass is 185 g/mol. The van der Waals surface area contributed by atoms with E-state index in [1.165, 1.54) is 11.8 Å². The van der Waals surface area contributed by atoms with Crippen molar-refractivity contribution in [1.29, 1.82) is 0 Å². The first-order chi connectivity index (χ1) is 6.09. The smallest absolute Gasteiger partial charge is 0.407 e. The molecule has 0 aromatic carbocycles. The molecule has 1 aliphatic carbocycles. The van der Waals surface area contributed by atoms with Crippen LogP contribution in [0.5, 0.6) is 0 Å². The summed E-state index contributed by atoms with van der Waals surface area (Å²) in [7, 11) is 0. The molecule has 5 nitrogen and oxygen atoms in total. The number of hydrogen-bond acceptors (Lipinski definition) is 3. The predicted molar refractivity (Wildman–Crippen MR) is 42.1 cm³/mol. The van der Waals surface area contributed by atoms with E-state index in [0.717, 1.165) is 0 Å². The number of carbonyl (C=O) groups excluding carboxylic acids is 1. The van der Waals surface area contributed by atoms with Crippen LogP contribution in [0.1, 0.15) is 6.92 Å². The minimum atomic E-state index is -0.881. The van der Waals surface area contributed by atoms with Crippen molar-refractivity contribution in [1.82, 2.24) is 4.90 Å². The van der Waals surface area contributed by atoms with Gasteiger partial charge in [0, 0.05) is 31.8 Å². The van der Waals surface area contributed by atoms with Crippen LogP contribution in [0.2, 0.25) is 0 Å². The molecular formula is C8H11NO4. The molecule has 0 aromatic rings. The third-order valence-corrected chi connectivity index (χ3v) is 2.69. The lowest BCUT2D eigenvalue weighted by Gasteiger charge is -2.15. The molecule has 5 heteroatoms. The van der Waals surface area contributed by atoms with Gasteiger partial charge in [-0.05, 0) is 0 Å². The average molecular weight is 185 g/mol. The van der Waals surface area contributed by atoms with E-state index in [1.54, 1.807) is 0 Å². The predicted octanol–water partition coefficient (Wildman–Crippen LogP) is 0.158. The summed E-state index contributed by atoms with van der Waals surface area (Å²) in [6, 6.07) is 0. The van der Waals surface area contributed by atoms with Crippen molar-refractivity contribution >= 4 is 12.1 Å². The van der Waals surface area contributed by atoms with Crippen LogP contribution in [0.3, 0.4) is 0 Å². The standard InChI is InChI=1S/C8H11NO4/c1-4(10)13-7-5-2-9(8(11)12)3-6(5)7/h5-7H,2-3H2,1H3,(H,11,12)/t5-,6+,7+. The summed E-state index contributed by atoms with van der Waals surface area (Å²) in [6.07, 6.45) is -0.901. The van der Waals surface area contributed by atoms with Crippen molar-refractivity contribution in [2.24, 2.45) is 11.8 Å². The summed E-state index contributed by atoms with van der Waals surface area (Å²) in [5.41, 5.74) is 0. The number of nitrogens with zero attached hydrogens (tertiary/aromatic N) is 1. The van der Waals surface area contributed by atoms with Gasteiger partial charge in [0.25, 0.3) is 0 Å². The fourth-order valence-electron chi connectivity index (χ4n) is 1.99. The summed E-state index contributed by atoms with van der Waals surface area (Å²) >= 11 is 0. The van der Waals surface area contributed by atoms with Crippen LogP contribution < -0.4 is 0 Å². The number of fused-ring (bicyclic) bond motifs is 1. The molecule has 2 fully saturated rings. The van der Waals surface area contributed by atoms with Gasteiger partial charge in [0.2, 0.25) is 0 Å². The van der Waals surface area contributed by atoms with Crippen LogP contribution in [0, 0.1) is 11.8 Å². The number of esters is 1. The van der Waals surface area contributed by atoms with E-state index in [9.17, 15) is 9.59 Å². The molecule has 1 amide bonds. The van der Waals surface area contributed by atoms with Crippen LogP contribution >= 0.6 is 0 Å². The molecule has 2 aliphatic rings. The summed E-state index contributed by atoms with van der Waals surface area (Å²) < 4.78 is 5.00. The second kappa shape index (κ2) is 2.61. The average Bonchev–Trinajstić information content (AvgIpc) is 2.51. The van der Waals surface area contributed by atoms with Gasteiger partial charge in [-0.25, -0.2) is 4.79 Å². The number of piperidine rings is 1. The normalized spacial score (nSPS) is 35.5. The van der Waals surface area contributed by atoms with Crippen molar-refractivity contribution < 1.29 is 19.4 Å². The molecule has 0 aromatic heterocycles. The molecule has 1 saturated carbocycles. The highest BCUT2D eigenvalue weighted by Crippen LogP contribution is 2.47. The van der Waals surface area contributed by atoms with Gasteiger partial charge in [-0.2, -0.15) is 0 Å². The summed E-state index contributed by atoms with van der Waals surface area (Å²) in [6.45, 7) is 2.40. The minimum Gasteiger partial charge on any atom is -0.465 e. The van der Waals surface area contributed by atoms with Crippen LogP contribution in [0.4, 0.5) is 4.79 Å². The molecule has 1 saturated heterocycles. The van der Waals surface area contributed by atoms with Gasteiger partial charge in [0.1, 0.15) is 6.10 Å². The van der Waals surface area contributed by atoms with Gasteiger partial charge < -0.3 is 14.7 Å². The number of amides is 1. The Morgan fingerprint density at radius 3 is 2.31 bits per heavy atom. The highest BCUT2D eigenvalue weighted by molar-refractivity contribution is 5.67. The number of ether oxygens (including phenoxy) is 1. The molecule has 3 atom stereocenters. The van der Waals surface area contributed by atoms with Crippen LogP contribution in [0.25, 0.3) is 0 Å². The second-order valence-electron chi connectivity index (χ2n) is 3.59. The van der Waals surface area contributed by atoms with Crippen molar-refractivity contribution in [3.05, 3.63) is 0 Å². The Hall–Kier alpha value is -1.26. The maximum Gasteiger partial charge on any atom is 0.407 e. The van der Waals surface area contributed by atoms with Gasteiger partial charge in [-0.3, -0.25) is 4.79 Å². The van der Waals surface area contributed by atoms with E-state index >= 15 is 0 Å². The molecular weight excluding hydrogens is 174 g/mol. The van der Waals surface area contributed by atoms with Gasteiger partial charge in [0.05, 0.1) is 0 Å². The van der Waals surface area contributed by atoms with Crippen molar-refractivity contribution in [3.63, 3.8) is 0 Å². The molecule has 0 spiro atoms. The topological polar surface area (TPSA) is 66.8 Å². The number of rotatable bonds is 1. The number of carbonyl (C=O) groups is 2. The second-order valence-corrected chi connectivity index (χ2v) is 3.59. The number of carboxylic acid groups (broad SMARTS) is 1. The summed E-state index contributed by atoms with van der Waals surface area (Å²) in [4.78, 5) is 22.5. The zero-order chi connectivity index (χ0) is 9.59. The molecule has 0 unspecified atom stereocenters. The molecule has 72 valence electrons. The molecule has 0 radical (unpaired) electrons. The quantitative estimate of drug-likeness (QED) is 0.591. The number of likely N-dealkylation sites (tertiary alicyclic amines) is 1. The zero-order valence-corrected chi connectivity index (χ0v) is 7.27. The van der Waals surface area contributed by atoms with E-state index in [0.29, 0.717) is 13.1 Å². The fraction of sp³-hybridized carbons (Fsp3) is 0.750. The Balaban J connectivity index is 1.84. The third kappa shape index (κ3) is 1.34. The molecule has 2 rings (SSSR count). The molecule has 1 heterocycles. The molecule has 0 bridgehead atoms. The lowest BCUT2D eigenvalue weighted by Crippen LogP contribution is -2.31. The first-order valence-electron chi connectivity index (χ1n) is 4.24. The fourth-order valence-corrected chi connectivity index (χ4v) is 1.99. The third-order valence-electron chi connectivity index (χ3n) is 2.69. The Morgan fingerprint density at radius 1 is 1.38 bits per heavy atom. The van der Waals surface area contributed by atoms with E-state index in [-0.39, 0.29) is 23.9 Å². The van der Waals surface area contributed by atoms with Crippen molar-refractivity contribution in [2.45, 2.75) is 13.0 Å². The molecule has 13 heavy (non-hydrogen) atoms. The van der Waals surface area contributed by atoms with Gasteiger partial charge in [-0.15, -0.1) is 0 Å². The molecule has 1 aliphatic heterocycles. The van der Waals surface area contributed by atoms with Gasteiger partial charge in [0.15, 0.2) is 0 Å². The largest absolute Gasteiger partial charge is 0.465 e. The molecule has 1 N–H and O–H groups in total. The summed E-state index contributed by atoms with van der Waals surface area (Å²) in [5, 5.41) is 8.64. The maximum atomic E-state index is 10.6. The first kappa shape index (κ1) is 8.34. The lowest BCUT2D eigenvalue weighted by molar-refractivity contribution is -0.143. The first-order valence-corrected chi connectivity index (χ1v) is 4.24. The van der Waals surface area contributed by atoms with E-state index in [2.05, 4.69) is 0 Å². The zero-order valence-electron chi connectivity index (χ0n) is 7.27. The Kier molecular flexibility index (Phi) is 1.68. The maximum absolute atomic E-state index is 10.6. The SMILES string of the molecule is CC(=O)O[C@H]1[C@@H]2CN(C(=O)O)C[C@@H]21. The van der Waals surface area contributed by atoms with Crippen LogP contribution in [-0.4, -0.2) is 41.3 Å². The van der Waals surface area contributed by atoms with Crippen LogP contribution in [0.15, 0.2) is 0 Å². The Labute approximate surface area is 75.3 Å². The van der Waals surface area contributed by atoms with Crippen LogP contribution in [-0.2, 0) is 9.53 Å². The Bertz CT molecular complexity index is 253. The minimum absolute atomic E-state index is 0.0203. The van der Waals surface area contributed by atoms with Crippen molar-refractivity contribution in [2.75, 3.05) is 13.1 Å². The van der Waals surface area contributed by atoms with Crippen molar-refractivity contribution in [3.8, 4) is 0 Å².